The predicted octanol–water partition coefficient (Wildman–Crippen LogP) is 4.52. The summed E-state index contributed by atoms with van der Waals surface area (Å²) in [5.74, 6) is 0.464. The maximum Gasteiger partial charge on any atom is 0.353 e. The smallest absolute Gasteiger partial charge is 0.353 e. The van der Waals surface area contributed by atoms with Gasteiger partial charge in [-0.2, -0.15) is 5.10 Å². The molecule has 0 atom stereocenters. The number of hydrogen-bond acceptors (Lipinski definition) is 6. The molecule has 6 nitrogen and oxygen atoms in total. The Hall–Kier alpha value is -3.45. The van der Waals surface area contributed by atoms with E-state index in [-0.39, 0.29) is 11.9 Å². The zero-order valence-electron chi connectivity index (χ0n) is 15.8. The molecule has 1 N–H and O–H groups in total. The van der Waals surface area contributed by atoms with Crippen LogP contribution in [0.2, 0.25) is 0 Å². The Bertz CT molecular complexity index is 965. The van der Waals surface area contributed by atoms with E-state index in [1.165, 1.54) is 17.6 Å². The normalized spacial score (nSPS) is 10.7. The van der Waals surface area contributed by atoms with Gasteiger partial charge < -0.3 is 9.47 Å². The molecule has 0 aliphatic rings. The Morgan fingerprint density at radius 2 is 1.76 bits per heavy atom. The van der Waals surface area contributed by atoms with Gasteiger partial charge in [0.05, 0.1) is 12.8 Å². The first-order valence-electron chi connectivity index (χ1n) is 9.07. The summed E-state index contributed by atoms with van der Waals surface area (Å²) in [7, 11) is 0. The van der Waals surface area contributed by atoms with Crippen LogP contribution in [0.15, 0.2) is 71.1 Å². The van der Waals surface area contributed by atoms with Gasteiger partial charge in [-0.05, 0) is 72.0 Å². The lowest BCUT2D eigenvalue weighted by Gasteiger charge is -2.05. The minimum atomic E-state index is -0.389. The Labute approximate surface area is 172 Å². The summed E-state index contributed by atoms with van der Waals surface area (Å²) in [4.78, 5) is 24.6. The molecule has 0 bridgehead atoms. The standard InChI is InChI=1S/C22H20N2O4S/c1-2-13-27-18-11-7-17(8-12-18)21(25)24-23-15-16-5-9-19(10-6-16)28-22(26)20-4-3-14-29-20/h3-12,14-15H,2,13H2,1H3,(H,24,25)/b23-15-. The van der Waals surface area contributed by atoms with Gasteiger partial charge in [0.2, 0.25) is 0 Å². The highest BCUT2D eigenvalue weighted by molar-refractivity contribution is 7.12. The molecule has 1 heterocycles. The zero-order valence-corrected chi connectivity index (χ0v) is 16.6. The van der Waals surface area contributed by atoms with Crippen LogP contribution < -0.4 is 14.9 Å². The molecule has 0 saturated heterocycles. The number of nitrogens with zero attached hydrogens (tertiary/aromatic N) is 1. The number of ether oxygens (including phenoxy) is 2. The molecule has 0 aliphatic carbocycles. The second kappa shape index (κ2) is 10.2. The Kier molecular flexibility index (Phi) is 7.13. The van der Waals surface area contributed by atoms with Crippen LogP contribution >= 0.6 is 11.3 Å². The van der Waals surface area contributed by atoms with E-state index in [1.54, 1.807) is 60.7 Å². The van der Waals surface area contributed by atoms with E-state index in [4.69, 9.17) is 9.47 Å². The summed E-state index contributed by atoms with van der Waals surface area (Å²) in [5, 5.41) is 5.78. The molecule has 0 spiro atoms. The van der Waals surface area contributed by atoms with Gasteiger partial charge in [-0.15, -0.1) is 11.3 Å². The zero-order chi connectivity index (χ0) is 20.5. The minimum absolute atomic E-state index is 0.315. The topological polar surface area (TPSA) is 77.0 Å². The summed E-state index contributed by atoms with van der Waals surface area (Å²) in [5.41, 5.74) is 3.72. The van der Waals surface area contributed by atoms with E-state index in [9.17, 15) is 9.59 Å². The monoisotopic (exact) mass is 408 g/mol. The molecule has 0 aliphatic heterocycles. The van der Waals surface area contributed by atoms with Gasteiger partial charge in [-0.3, -0.25) is 4.79 Å². The van der Waals surface area contributed by atoms with Crippen LogP contribution in [0.25, 0.3) is 0 Å². The fourth-order valence-electron chi connectivity index (χ4n) is 2.33. The molecule has 3 aromatic rings. The van der Waals surface area contributed by atoms with E-state index in [1.807, 2.05) is 12.3 Å². The fraction of sp³-hybridized carbons (Fsp3) is 0.136. The van der Waals surface area contributed by atoms with Crippen LogP contribution in [0.4, 0.5) is 0 Å². The van der Waals surface area contributed by atoms with Crippen LogP contribution in [-0.4, -0.2) is 24.7 Å². The van der Waals surface area contributed by atoms with Crippen molar-refractivity contribution in [1.82, 2.24) is 5.43 Å². The number of hydrazone groups is 1. The molecule has 29 heavy (non-hydrogen) atoms. The number of esters is 1. The third-order valence-corrected chi connectivity index (χ3v) is 4.63. The molecule has 2 aromatic carbocycles. The number of carbonyl (C=O) groups excluding carboxylic acids is 2. The average Bonchev–Trinajstić information content (AvgIpc) is 3.29. The fourth-order valence-corrected chi connectivity index (χ4v) is 2.93. The lowest BCUT2D eigenvalue weighted by Crippen LogP contribution is -2.17. The molecular weight excluding hydrogens is 388 g/mol. The van der Waals surface area contributed by atoms with Crippen molar-refractivity contribution in [2.24, 2.45) is 5.10 Å². The van der Waals surface area contributed by atoms with Crippen molar-refractivity contribution >= 4 is 29.4 Å². The number of thiophene rings is 1. The van der Waals surface area contributed by atoms with Crippen LogP contribution in [0, 0.1) is 0 Å². The van der Waals surface area contributed by atoms with Crippen molar-refractivity contribution in [2.45, 2.75) is 13.3 Å². The number of rotatable bonds is 8. The van der Waals surface area contributed by atoms with Crippen LogP contribution in [-0.2, 0) is 0 Å². The highest BCUT2D eigenvalue weighted by Crippen LogP contribution is 2.16. The highest BCUT2D eigenvalue weighted by atomic mass is 32.1. The number of amides is 1. The van der Waals surface area contributed by atoms with Crippen molar-refractivity contribution in [3.05, 3.63) is 82.0 Å². The number of nitrogens with one attached hydrogen (secondary N) is 1. The van der Waals surface area contributed by atoms with Crippen molar-refractivity contribution in [1.29, 1.82) is 0 Å². The van der Waals surface area contributed by atoms with E-state index in [0.29, 0.717) is 22.8 Å². The second-order valence-corrected chi connectivity index (χ2v) is 6.96. The lowest BCUT2D eigenvalue weighted by atomic mass is 10.2. The summed E-state index contributed by atoms with van der Waals surface area (Å²) < 4.78 is 10.8. The first kappa shape index (κ1) is 20.3. The summed E-state index contributed by atoms with van der Waals surface area (Å²) >= 11 is 1.33. The first-order chi connectivity index (χ1) is 14.2. The van der Waals surface area contributed by atoms with Crippen LogP contribution in [0.3, 0.4) is 0 Å². The summed E-state index contributed by atoms with van der Waals surface area (Å²) in [6.07, 6.45) is 2.44. The van der Waals surface area contributed by atoms with Gasteiger partial charge >= 0.3 is 5.97 Å². The molecule has 0 radical (unpaired) electrons. The molecule has 0 unspecified atom stereocenters. The number of benzene rings is 2. The SMILES string of the molecule is CCCOc1ccc(C(=O)N/N=C\c2ccc(OC(=O)c3cccs3)cc2)cc1. The van der Waals surface area contributed by atoms with Gasteiger partial charge in [0.15, 0.2) is 0 Å². The highest BCUT2D eigenvalue weighted by Gasteiger charge is 2.09. The largest absolute Gasteiger partial charge is 0.494 e. The molecular formula is C22H20N2O4S. The van der Waals surface area contributed by atoms with Gasteiger partial charge in [-0.25, -0.2) is 10.2 Å². The minimum Gasteiger partial charge on any atom is -0.494 e. The maximum atomic E-state index is 12.1. The van der Waals surface area contributed by atoms with Crippen LogP contribution in [0.5, 0.6) is 11.5 Å². The van der Waals surface area contributed by atoms with Crippen molar-refractivity contribution in [3.8, 4) is 11.5 Å². The van der Waals surface area contributed by atoms with E-state index >= 15 is 0 Å². The Balaban J connectivity index is 1.50. The van der Waals surface area contributed by atoms with Gasteiger partial charge in [0, 0.05) is 5.56 Å². The van der Waals surface area contributed by atoms with Crippen LogP contribution in [0.1, 0.15) is 38.9 Å². The third-order valence-electron chi connectivity index (χ3n) is 3.78. The molecule has 0 fully saturated rings. The van der Waals surface area contributed by atoms with Crippen molar-refractivity contribution in [2.75, 3.05) is 6.61 Å². The quantitative estimate of drug-likeness (QED) is 0.257. The molecule has 0 saturated carbocycles. The first-order valence-corrected chi connectivity index (χ1v) is 9.95. The number of carbonyl (C=O) groups is 2. The van der Waals surface area contributed by atoms with Gasteiger partial charge in [0.1, 0.15) is 16.4 Å². The van der Waals surface area contributed by atoms with Gasteiger partial charge in [0.25, 0.3) is 5.91 Å². The van der Waals surface area contributed by atoms with E-state index < -0.39 is 0 Å². The molecule has 1 aromatic heterocycles. The maximum absolute atomic E-state index is 12.1. The van der Waals surface area contributed by atoms with Crippen molar-refractivity contribution in [3.63, 3.8) is 0 Å². The molecule has 1 amide bonds. The summed E-state index contributed by atoms with van der Waals surface area (Å²) in [6.45, 7) is 2.67. The second-order valence-electron chi connectivity index (χ2n) is 6.01. The van der Waals surface area contributed by atoms with Crippen molar-refractivity contribution < 1.29 is 19.1 Å². The Morgan fingerprint density at radius 3 is 2.41 bits per heavy atom. The third kappa shape index (κ3) is 6.02. The Morgan fingerprint density at radius 1 is 1.03 bits per heavy atom. The van der Waals surface area contributed by atoms with E-state index in [0.717, 1.165) is 17.7 Å². The van der Waals surface area contributed by atoms with E-state index in [2.05, 4.69) is 10.5 Å². The predicted molar refractivity (Wildman–Crippen MR) is 113 cm³/mol. The average molecular weight is 408 g/mol. The lowest BCUT2D eigenvalue weighted by molar-refractivity contribution is 0.0739. The summed E-state index contributed by atoms with van der Waals surface area (Å²) in [6, 6.07) is 17.2. The molecule has 3 rings (SSSR count). The van der Waals surface area contributed by atoms with Gasteiger partial charge in [-0.1, -0.05) is 13.0 Å². The molecule has 148 valence electrons. The number of hydrogen-bond donors (Lipinski definition) is 1. The molecule has 7 heteroatoms.